The Morgan fingerprint density at radius 3 is 2.33 bits per heavy atom. The molecule has 0 bridgehead atoms. The third kappa shape index (κ3) is 1.61. The van der Waals surface area contributed by atoms with Crippen LogP contribution < -0.4 is 34.7 Å². The summed E-state index contributed by atoms with van der Waals surface area (Å²) in [6.07, 6.45) is 0. The Morgan fingerprint density at radius 2 is 2.22 bits per heavy atom. The van der Waals surface area contributed by atoms with Crippen LogP contribution in [0.1, 0.15) is 0 Å². The zero-order valence-electron chi connectivity index (χ0n) is 4.88. The van der Waals surface area contributed by atoms with Gasteiger partial charge in [-0.3, -0.25) is 0 Å². The fourth-order valence-electron chi connectivity index (χ4n) is 0.382. The van der Waals surface area contributed by atoms with Crippen LogP contribution in [0.15, 0.2) is 11.5 Å². The van der Waals surface area contributed by atoms with Crippen molar-refractivity contribution in [2.45, 2.75) is 0 Å². The van der Waals surface area contributed by atoms with E-state index in [-0.39, 0.29) is 36.2 Å². The molecule has 0 fully saturated rings. The first-order valence-electron chi connectivity index (χ1n) is 1.98. The topological polar surface area (TPSA) is 69.6 Å². The number of esters is 1. The summed E-state index contributed by atoms with van der Waals surface area (Å²) in [6, 6.07) is 0. The Kier molecular flexibility index (Phi) is 3.03. The summed E-state index contributed by atoms with van der Waals surface area (Å²) in [5.41, 5.74) is 0. The van der Waals surface area contributed by atoms with Crippen molar-refractivity contribution in [2.24, 2.45) is 0 Å². The molecule has 1 heterocycles. The molecular formula is C4H3NaO4. The molecule has 1 rings (SSSR count). The molecule has 0 spiro atoms. The number of rotatable bonds is 0. The van der Waals surface area contributed by atoms with E-state index in [0.717, 1.165) is 0 Å². The third-order valence-electron chi connectivity index (χ3n) is 0.792. The van der Waals surface area contributed by atoms with E-state index >= 15 is 0 Å². The van der Waals surface area contributed by atoms with Crippen LogP contribution in [0.25, 0.3) is 0 Å². The maximum absolute atomic E-state index is 10.2. The smallest absolute Gasteiger partial charge is 0.870 e. The van der Waals surface area contributed by atoms with Crippen LogP contribution >= 0.6 is 0 Å². The van der Waals surface area contributed by atoms with Crippen LogP contribution in [0.2, 0.25) is 0 Å². The molecule has 0 unspecified atom stereocenters. The molecule has 1 aliphatic heterocycles. The van der Waals surface area contributed by atoms with Gasteiger partial charge in [-0.15, -0.1) is 0 Å². The Labute approximate surface area is 73.4 Å². The molecule has 0 aromatic heterocycles. The standard InChI is InChI=1S/C4H4O4.Na/c5-2-1-8-4(7)3(2)6;/h5-6H,1H2;/q;+1/p-1. The van der Waals surface area contributed by atoms with Crippen LogP contribution in [-0.2, 0) is 9.53 Å². The van der Waals surface area contributed by atoms with Gasteiger partial charge in [-0.25, -0.2) is 4.79 Å². The number of hydrogen-bond acceptors (Lipinski definition) is 4. The largest absolute Gasteiger partial charge is 1.00 e. The predicted molar refractivity (Wildman–Crippen MR) is 20.6 cm³/mol. The fraction of sp³-hybridized carbons (Fsp3) is 0.250. The number of carbonyl (C=O) groups is 1. The van der Waals surface area contributed by atoms with Gasteiger partial charge in [0, 0.05) is 0 Å². The molecule has 9 heavy (non-hydrogen) atoms. The summed E-state index contributed by atoms with van der Waals surface area (Å²) in [7, 11) is 0. The summed E-state index contributed by atoms with van der Waals surface area (Å²) < 4.78 is 4.10. The fourth-order valence-corrected chi connectivity index (χ4v) is 0.382. The van der Waals surface area contributed by atoms with Crippen molar-refractivity contribution >= 4 is 5.97 Å². The average molecular weight is 138 g/mol. The normalized spacial score (nSPS) is 17.1. The van der Waals surface area contributed by atoms with Gasteiger partial charge in [0.05, 0.1) is 0 Å². The van der Waals surface area contributed by atoms with Crippen molar-refractivity contribution in [1.82, 2.24) is 0 Å². The Balaban J connectivity index is 0.000000640. The van der Waals surface area contributed by atoms with Gasteiger partial charge in [0.2, 0.25) is 0 Å². The molecule has 0 amide bonds. The first-order chi connectivity index (χ1) is 3.72. The minimum Gasteiger partial charge on any atom is -0.870 e. The van der Waals surface area contributed by atoms with E-state index in [1.165, 1.54) is 0 Å². The molecule has 0 radical (unpaired) electrons. The molecule has 0 saturated heterocycles. The van der Waals surface area contributed by atoms with E-state index in [1.54, 1.807) is 0 Å². The van der Waals surface area contributed by atoms with Crippen molar-refractivity contribution < 1.29 is 49.3 Å². The molecule has 4 nitrogen and oxygen atoms in total. The van der Waals surface area contributed by atoms with E-state index in [2.05, 4.69) is 4.74 Å². The molecule has 44 valence electrons. The second kappa shape index (κ2) is 3.10. The van der Waals surface area contributed by atoms with Crippen molar-refractivity contribution in [1.29, 1.82) is 0 Å². The van der Waals surface area contributed by atoms with E-state index in [9.17, 15) is 9.90 Å². The van der Waals surface area contributed by atoms with Gasteiger partial charge in [-0.1, -0.05) is 0 Å². The second-order valence-corrected chi connectivity index (χ2v) is 1.35. The zero-order chi connectivity index (χ0) is 6.15. The van der Waals surface area contributed by atoms with E-state index in [0.29, 0.717) is 0 Å². The SMILES string of the molecule is O=C1OCC([O-])=C1O.[Na+]. The maximum Gasteiger partial charge on any atom is 1.00 e. The van der Waals surface area contributed by atoms with Crippen molar-refractivity contribution in [3.05, 3.63) is 11.5 Å². The summed E-state index contributed by atoms with van der Waals surface area (Å²) >= 11 is 0. The quantitative estimate of drug-likeness (QED) is 0.271. The molecule has 1 aliphatic rings. The average Bonchev–Trinajstić information content (AvgIpc) is 1.98. The number of aliphatic hydroxyl groups excluding tert-OH is 1. The summed E-state index contributed by atoms with van der Waals surface area (Å²) in [5.74, 6) is -2.35. The maximum atomic E-state index is 10.2. The number of carbonyl (C=O) groups excluding carboxylic acids is 1. The Morgan fingerprint density at radius 1 is 1.67 bits per heavy atom. The van der Waals surface area contributed by atoms with Gasteiger partial charge >= 0.3 is 35.5 Å². The van der Waals surface area contributed by atoms with Crippen LogP contribution in [0.3, 0.4) is 0 Å². The van der Waals surface area contributed by atoms with Crippen molar-refractivity contribution in [3.63, 3.8) is 0 Å². The molecule has 0 atom stereocenters. The van der Waals surface area contributed by atoms with Gasteiger partial charge in [0.15, 0.2) is 5.76 Å². The first-order valence-corrected chi connectivity index (χ1v) is 1.98. The van der Waals surface area contributed by atoms with Gasteiger partial charge in [-0.05, 0) is 5.76 Å². The summed E-state index contributed by atoms with van der Waals surface area (Å²) in [6.45, 7) is -0.315. The van der Waals surface area contributed by atoms with Crippen LogP contribution in [0.5, 0.6) is 0 Å². The van der Waals surface area contributed by atoms with Crippen LogP contribution in [-0.4, -0.2) is 17.7 Å². The second-order valence-electron chi connectivity index (χ2n) is 1.35. The predicted octanol–water partition coefficient (Wildman–Crippen LogP) is -4.32. The number of cyclic esters (lactones) is 1. The first kappa shape index (κ1) is 8.81. The monoisotopic (exact) mass is 138 g/mol. The Hall–Kier alpha value is -0.190. The number of hydrogen-bond donors (Lipinski definition) is 1. The van der Waals surface area contributed by atoms with E-state index in [1.807, 2.05) is 0 Å². The van der Waals surface area contributed by atoms with Gasteiger partial charge in [-0.2, -0.15) is 0 Å². The van der Waals surface area contributed by atoms with E-state index in [4.69, 9.17) is 5.11 Å². The minimum absolute atomic E-state index is 0. The zero-order valence-corrected chi connectivity index (χ0v) is 6.88. The number of aliphatic hydroxyl groups is 1. The van der Waals surface area contributed by atoms with Gasteiger partial charge in [0.1, 0.15) is 6.61 Å². The number of ether oxygens (including phenoxy) is 1. The molecular weight excluding hydrogens is 135 g/mol. The molecule has 5 heteroatoms. The Bertz CT molecular complexity index is 162. The summed E-state index contributed by atoms with van der Waals surface area (Å²) in [5, 5.41) is 18.5. The van der Waals surface area contributed by atoms with Crippen molar-refractivity contribution in [2.75, 3.05) is 6.61 Å². The third-order valence-corrected chi connectivity index (χ3v) is 0.792. The molecule has 1 N–H and O–H groups in total. The van der Waals surface area contributed by atoms with E-state index < -0.39 is 17.5 Å². The van der Waals surface area contributed by atoms with Crippen molar-refractivity contribution in [3.8, 4) is 0 Å². The van der Waals surface area contributed by atoms with Gasteiger partial charge in [0.25, 0.3) is 0 Å². The van der Waals surface area contributed by atoms with Crippen LogP contribution in [0, 0.1) is 0 Å². The minimum atomic E-state index is -0.921. The molecule has 0 saturated carbocycles. The van der Waals surface area contributed by atoms with Gasteiger partial charge < -0.3 is 14.9 Å². The summed E-state index contributed by atoms with van der Waals surface area (Å²) in [4.78, 5) is 10.1. The molecule has 0 aromatic carbocycles. The molecule has 0 aromatic rings. The molecule has 0 aliphatic carbocycles. The van der Waals surface area contributed by atoms with Crippen LogP contribution in [0.4, 0.5) is 0 Å².